The third kappa shape index (κ3) is 2.69. The number of aromatic nitrogens is 1. The minimum atomic E-state index is -0.397. The third-order valence-electron chi connectivity index (χ3n) is 4.81. The van der Waals surface area contributed by atoms with Gasteiger partial charge >= 0.3 is 6.09 Å². The van der Waals surface area contributed by atoms with E-state index in [1.54, 1.807) is 23.2 Å². The molecular weight excluding hydrogens is 324 g/mol. The molecule has 2 aromatic carbocycles. The van der Waals surface area contributed by atoms with Gasteiger partial charge in [0.15, 0.2) is 0 Å². The van der Waals surface area contributed by atoms with Crippen molar-refractivity contribution in [1.29, 1.82) is 0 Å². The van der Waals surface area contributed by atoms with Gasteiger partial charge in [-0.05, 0) is 36.8 Å². The molecule has 3 aromatic rings. The maximum atomic E-state index is 12.8. The molecule has 4 rings (SSSR count). The van der Waals surface area contributed by atoms with E-state index in [9.17, 15) is 4.79 Å². The summed E-state index contributed by atoms with van der Waals surface area (Å²) in [4.78, 5) is 14.4. The molecule has 1 aliphatic heterocycles. The Bertz CT molecular complexity index is 976. The summed E-state index contributed by atoms with van der Waals surface area (Å²) in [5.74, 6) is 0.535. The molecule has 4 nitrogen and oxygen atoms in total. The van der Waals surface area contributed by atoms with Gasteiger partial charge in [0.1, 0.15) is 5.75 Å². The highest BCUT2D eigenvalue weighted by molar-refractivity contribution is 5.86. The van der Waals surface area contributed by atoms with E-state index >= 15 is 0 Å². The quantitative estimate of drug-likeness (QED) is 0.647. The Morgan fingerprint density at radius 2 is 1.73 bits per heavy atom. The molecule has 1 aliphatic rings. The Hall–Kier alpha value is -3.27. The molecule has 0 saturated heterocycles. The number of carbonyl (C=O) groups excluding carboxylic acids is 1. The number of aryl methyl sites for hydroxylation is 2. The van der Waals surface area contributed by atoms with Gasteiger partial charge in [-0.3, -0.25) is 4.90 Å². The molecule has 1 atom stereocenters. The van der Waals surface area contributed by atoms with E-state index in [1.807, 2.05) is 55.6 Å². The van der Waals surface area contributed by atoms with Crippen molar-refractivity contribution in [2.75, 3.05) is 0 Å². The van der Waals surface area contributed by atoms with Crippen molar-refractivity contribution in [3.8, 4) is 5.75 Å². The summed E-state index contributed by atoms with van der Waals surface area (Å²) >= 11 is 0. The third-order valence-corrected chi connectivity index (χ3v) is 4.81. The average Bonchev–Trinajstić information content (AvgIpc) is 2.93. The van der Waals surface area contributed by atoms with Gasteiger partial charge in [0.2, 0.25) is 0 Å². The van der Waals surface area contributed by atoms with E-state index in [2.05, 4.69) is 23.6 Å². The molecule has 0 N–H and O–H groups in total. The maximum Gasteiger partial charge on any atom is 0.420 e. The zero-order valence-electron chi connectivity index (χ0n) is 14.8. The summed E-state index contributed by atoms with van der Waals surface area (Å²) in [5.41, 5.74) is 3.40. The lowest BCUT2D eigenvalue weighted by Crippen LogP contribution is -2.34. The lowest BCUT2D eigenvalue weighted by atomic mass is 10.0. The molecule has 0 fully saturated rings. The monoisotopic (exact) mass is 344 g/mol. The van der Waals surface area contributed by atoms with E-state index in [-0.39, 0.29) is 6.04 Å². The predicted octanol–water partition coefficient (Wildman–Crippen LogP) is 5.11. The van der Waals surface area contributed by atoms with E-state index in [0.29, 0.717) is 5.75 Å². The van der Waals surface area contributed by atoms with E-state index in [0.717, 1.165) is 11.2 Å². The molecule has 130 valence electrons. The predicted molar refractivity (Wildman–Crippen MR) is 103 cm³/mol. The standard InChI is InChI=1S/C22H20N2O2/c1-16-18-12-6-7-13-19(18)23(2)21(16)20-14-8-9-15-24(20)22(25)26-17-10-4-3-5-11-17/h3-15,20H,1-2H3. The first kappa shape index (κ1) is 16.2. The van der Waals surface area contributed by atoms with Crippen LogP contribution in [0.25, 0.3) is 10.9 Å². The number of ether oxygens (including phenoxy) is 1. The summed E-state index contributed by atoms with van der Waals surface area (Å²) < 4.78 is 7.71. The maximum absolute atomic E-state index is 12.8. The first-order valence-electron chi connectivity index (χ1n) is 8.61. The highest BCUT2D eigenvalue weighted by Gasteiger charge is 2.29. The van der Waals surface area contributed by atoms with Crippen molar-refractivity contribution in [2.45, 2.75) is 13.0 Å². The summed E-state index contributed by atoms with van der Waals surface area (Å²) in [6.07, 6.45) is 7.21. The van der Waals surface area contributed by atoms with Gasteiger partial charge < -0.3 is 9.30 Å². The molecule has 0 bridgehead atoms. The fourth-order valence-electron chi connectivity index (χ4n) is 3.56. The molecule has 2 heterocycles. The average molecular weight is 344 g/mol. The van der Waals surface area contributed by atoms with Crippen LogP contribution < -0.4 is 4.74 Å². The van der Waals surface area contributed by atoms with Gasteiger partial charge in [-0.1, -0.05) is 48.6 Å². The molecule has 0 spiro atoms. The van der Waals surface area contributed by atoms with Crippen molar-refractivity contribution < 1.29 is 9.53 Å². The van der Waals surface area contributed by atoms with Gasteiger partial charge in [-0.15, -0.1) is 0 Å². The Labute approximate surface area is 152 Å². The van der Waals surface area contributed by atoms with Gasteiger partial charge in [0, 0.05) is 29.8 Å². The van der Waals surface area contributed by atoms with Crippen LogP contribution in [-0.2, 0) is 7.05 Å². The number of hydrogen-bond acceptors (Lipinski definition) is 2. The Balaban J connectivity index is 1.72. The van der Waals surface area contributed by atoms with Crippen molar-refractivity contribution in [1.82, 2.24) is 9.47 Å². The summed E-state index contributed by atoms with van der Waals surface area (Å²) in [6, 6.07) is 17.2. The van der Waals surface area contributed by atoms with Crippen LogP contribution in [0.5, 0.6) is 5.75 Å². The number of allylic oxidation sites excluding steroid dienone is 2. The second-order valence-electron chi connectivity index (χ2n) is 6.35. The van der Waals surface area contributed by atoms with Crippen LogP contribution in [0, 0.1) is 6.92 Å². The van der Waals surface area contributed by atoms with Crippen molar-refractivity contribution in [3.63, 3.8) is 0 Å². The molecule has 0 radical (unpaired) electrons. The molecule has 1 aromatic heterocycles. The number of para-hydroxylation sites is 2. The van der Waals surface area contributed by atoms with Crippen molar-refractivity contribution >= 4 is 17.0 Å². The lowest BCUT2D eigenvalue weighted by molar-refractivity contribution is 0.160. The number of hydrogen-bond donors (Lipinski definition) is 0. The summed E-state index contributed by atoms with van der Waals surface area (Å²) in [6.45, 7) is 2.10. The highest BCUT2D eigenvalue weighted by atomic mass is 16.6. The van der Waals surface area contributed by atoms with Gasteiger partial charge in [0.25, 0.3) is 0 Å². The minimum absolute atomic E-state index is 0.214. The SMILES string of the molecule is Cc1c(C2C=CC=CN2C(=O)Oc2ccccc2)n(C)c2ccccc12. The number of fused-ring (bicyclic) bond motifs is 1. The van der Waals surface area contributed by atoms with Crippen LogP contribution in [-0.4, -0.2) is 15.6 Å². The van der Waals surface area contributed by atoms with Crippen LogP contribution in [0.15, 0.2) is 79.0 Å². The van der Waals surface area contributed by atoms with Crippen LogP contribution in [0.3, 0.4) is 0 Å². The van der Waals surface area contributed by atoms with Gasteiger partial charge in [-0.2, -0.15) is 0 Å². The number of benzene rings is 2. The second-order valence-corrected chi connectivity index (χ2v) is 6.35. The molecule has 26 heavy (non-hydrogen) atoms. The van der Waals surface area contributed by atoms with Crippen LogP contribution in [0.2, 0.25) is 0 Å². The fraction of sp³-hybridized carbons (Fsp3) is 0.136. The molecule has 0 saturated carbocycles. The van der Waals surface area contributed by atoms with E-state index < -0.39 is 6.09 Å². The summed E-state index contributed by atoms with van der Waals surface area (Å²) in [7, 11) is 2.04. The smallest absolute Gasteiger partial charge is 0.410 e. The molecule has 1 amide bonds. The second kappa shape index (κ2) is 6.56. The van der Waals surface area contributed by atoms with E-state index in [4.69, 9.17) is 4.74 Å². The van der Waals surface area contributed by atoms with Crippen LogP contribution >= 0.6 is 0 Å². The van der Waals surface area contributed by atoms with E-state index in [1.165, 1.54) is 10.9 Å². The number of carbonyl (C=O) groups is 1. The van der Waals surface area contributed by atoms with Gasteiger partial charge in [-0.25, -0.2) is 4.79 Å². The molecule has 0 aliphatic carbocycles. The van der Waals surface area contributed by atoms with Crippen LogP contribution in [0.4, 0.5) is 4.79 Å². The molecule has 1 unspecified atom stereocenters. The molecule has 4 heteroatoms. The largest absolute Gasteiger partial charge is 0.420 e. The lowest BCUT2D eigenvalue weighted by Gasteiger charge is -2.29. The highest BCUT2D eigenvalue weighted by Crippen LogP contribution is 2.34. The number of amides is 1. The van der Waals surface area contributed by atoms with Gasteiger partial charge in [0.05, 0.1) is 6.04 Å². The zero-order valence-corrected chi connectivity index (χ0v) is 14.8. The fourth-order valence-corrected chi connectivity index (χ4v) is 3.56. The first-order valence-corrected chi connectivity index (χ1v) is 8.61. The number of nitrogens with zero attached hydrogens (tertiary/aromatic N) is 2. The Kier molecular flexibility index (Phi) is 4.09. The number of rotatable bonds is 2. The normalized spacial score (nSPS) is 16.2. The first-order chi connectivity index (χ1) is 12.7. The van der Waals surface area contributed by atoms with Crippen molar-refractivity contribution in [3.05, 3.63) is 90.3 Å². The zero-order chi connectivity index (χ0) is 18.1. The minimum Gasteiger partial charge on any atom is -0.410 e. The molecular formula is C22H20N2O2. The van der Waals surface area contributed by atoms with Crippen molar-refractivity contribution in [2.24, 2.45) is 7.05 Å². The van der Waals surface area contributed by atoms with Crippen LogP contribution in [0.1, 0.15) is 17.3 Å². The Morgan fingerprint density at radius 3 is 2.50 bits per heavy atom. The Morgan fingerprint density at radius 1 is 1.00 bits per heavy atom. The topological polar surface area (TPSA) is 34.5 Å². The summed E-state index contributed by atoms with van der Waals surface area (Å²) in [5, 5.41) is 1.20.